The monoisotopic (exact) mass is 352 g/mol. The molecule has 0 fully saturated rings. The number of amides is 1. The smallest absolute Gasteiger partial charge is 0.273 e. The zero-order valence-corrected chi connectivity index (χ0v) is 13.3. The molecule has 1 unspecified atom stereocenters. The number of halogens is 2. The summed E-state index contributed by atoms with van der Waals surface area (Å²) in [6.45, 7) is 1.37. The van der Waals surface area contributed by atoms with Gasteiger partial charge in [0.25, 0.3) is 11.6 Å². The second kappa shape index (κ2) is 7.56. The highest BCUT2D eigenvalue weighted by atomic mass is 19.1. The van der Waals surface area contributed by atoms with E-state index in [0.29, 0.717) is 6.07 Å². The lowest BCUT2D eigenvalue weighted by Gasteiger charge is -2.16. The second-order valence-corrected chi connectivity index (χ2v) is 4.97. The van der Waals surface area contributed by atoms with Crippen molar-refractivity contribution in [3.8, 4) is 11.5 Å². The molecule has 0 aliphatic heterocycles. The van der Waals surface area contributed by atoms with Crippen LogP contribution in [-0.2, 0) is 4.79 Å². The van der Waals surface area contributed by atoms with Crippen molar-refractivity contribution in [1.29, 1.82) is 0 Å². The summed E-state index contributed by atoms with van der Waals surface area (Å²) in [6.07, 6.45) is -1.12. The van der Waals surface area contributed by atoms with Gasteiger partial charge >= 0.3 is 0 Å². The molecule has 0 aliphatic rings. The summed E-state index contributed by atoms with van der Waals surface area (Å²) in [7, 11) is 1.34. The number of anilines is 1. The molecule has 1 amide bonds. The number of benzene rings is 2. The Morgan fingerprint density at radius 3 is 2.52 bits per heavy atom. The number of nitro groups is 1. The van der Waals surface area contributed by atoms with Crippen molar-refractivity contribution in [2.75, 3.05) is 12.4 Å². The average molecular weight is 352 g/mol. The van der Waals surface area contributed by atoms with Crippen molar-refractivity contribution in [2.45, 2.75) is 13.0 Å². The van der Waals surface area contributed by atoms with Gasteiger partial charge in [-0.05, 0) is 25.1 Å². The summed E-state index contributed by atoms with van der Waals surface area (Å²) in [5, 5.41) is 13.1. The molecule has 1 N–H and O–H groups in total. The maximum absolute atomic E-state index is 13.6. The average Bonchev–Trinajstić information content (AvgIpc) is 2.57. The van der Waals surface area contributed by atoms with Crippen molar-refractivity contribution in [1.82, 2.24) is 0 Å². The third-order valence-electron chi connectivity index (χ3n) is 3.22. The molecule has 0 aromatic heterocycles. The molecule has 0 heterocycles. The number of carbonyl (C=O) groups excluding carboxylic acids is 1. The van der Waals surface area contributed by atoms with Crippen molar-refractivity contribution in [3.63, 3.8) is 0 Å². The topological polar surface area (TPSA) is 90.7 Å². The van der Waals surface area contributed by atoms with Crippen LogP contribution in [0.25, 0.3) is 0 Å². The number of nitrogens with zero attached hydrogens (tertiary/aromatic N) is 1. The summed E-state index contributed by atoms with van der Waals surface area (Å²) < 4.78 is 36.9. The lowest BCUT2D eigenvalue weighted by Crippen LogP contribution is -2.30. The number of hydrogen-bond donors (Lipinski definition) is 1. The highest BCUT2D eigenvalue weighted by Gasteiger charge is 2.20. The molecule has 0 saturated heterocycles. The minimum absolute atomic E-state index is 0.0149. The van der Waals surface area contributed by atoms with Crippen LogP contribution < -0.4 is 14.8 Å². The van der Waals surface area contributed by atoms with Gasteiger partial charge in [-0.3, -0.25) is 14.9 Å². The molecule has 0 aliphatic carbocycles. The van der Waals surface area contributed by atoms with Crippen LogP contribution in [0.15, 0.2) is 36.4 Å². The van der Waals surface area contributed by atoms with Crippen molar-refractivity contribution in [2.24, 2.45) is 0 Å². The van der Waals surface area contributed by atoms with Crippen LogP contribution in [0.3, 0.4) is 0 Å². The molecular weight excluding hydrogens is 338 g/mol. The van der Waals surface area contributed by atoms with Crippen LogP contribution in [-0.4, -0.2) is 24.0 Å². The summed E-state index contributed by atoms with van der Waals surface area (Å²) in [6, 6.07) is 6.37. The first-order valence-corrected chi connectivity index (χ1v) is 7.07. The van der Waals surface area contributed by atoms with Crippen LogP contribution in [0.2, 0.25) is 0 Å². The van der Waals surface area contributed by atoms with Gasteiger partial charge in [0.2, 0.25) is 0 Å². The van der Waals surface area contributed by atoms with E-state index in [1.54, 1.807) is 0 Å². The van der Waals surface area contributed by atoms with Gasteiger partial charge in [-0.15, -0.1) is 0 Å². The Kier molecular flexibility index (Phi) is 5.48. The van der Waals surface area contributed by atoms with Crippen LogP contribution in [0.5, 0.6) is 11.5 Å². The summed E-state index contributed by atoms with van der Waals surface area (Å²) in [5.74, 6) is -2.26. The second-order valence-electron chi connectivity index (χ2n) is 4.97. The Morgan fingerprint density at radius 2 is 1.92 bits per heavy atom. The van der Waals surface area contributed by atoms with Gasteiger partial charge in [-0.2, -0.15) is 0 Å². The Labute approximate surface area is 141 Å². The predicted octanol–water partition coefficient (Wildman–Crippen LogP) is 3.29. The van der Waals surface area contributed by atoms with Gasteiger partial charge in [0.15, 0.2) is 17.6 Å². The molecular formula is C16H14F2N2O5. The van der Waals surface area contributed by atoms with Crippen LogP contribution in [0.1, 0.15) is 6.92 Å². The lowest BCUT2D eigenvalue weighted by atomic mass is 10.2. The van der Waals surface area contributed by atoms with E-state index in [2.05, 4.69) is 5.32 Å². The molecule has 0 bridgehead atoms. The quantitative estimate of drug-likeness (QED) is 0.636. The third-order valence-corrected chi connectivity index (χ3v) is 3.22. The standard InChI is InChI=1S/C16H14F2N2O5/c1-9(16(21)19-13-5-3-10(17)7-12(13)18)25-15-8-11(20(22)23)4-6-14(15)24-2/h3-9H,1-2H3,(H,19,21). The molecule has 2 rings (SSSR count). The van der Waals surface area contributed by atoms with Crippen molar-refractivity contribution in [3.05, 3.63) is 58.1 Å². The molecule has 2 aromatic rings. The van der Waals surface area contributed by atoms with Gasteiger partial charge < -0.3 is 14.8 Å². The lowest BCUT2D eigenvalue weighted by molar-refractivity contribution is -0.385. The number of non-ortho nitro benzene ring substituents is 1. The van der Waals surface area contributed by atoms with Crippen LogP contribution >= 0.6 is 0 Å². The Bertz CT molecular complexity index is 813. The van der Waals surface area contributed by atoms with E-state index in [1.165, 1.54) is 26.2 Å². The molecule has 2 aromatic carbocycles. The number of nitro benzene ring substituents is 1. The highest BCUT2D eigenvalue weighted by molar-refractivity contribution is 5.94. The Balaban J connectivity index is 2.15. The van der Waals surface area contributed by atoms with Gasteiger partial charge in [0.05, 0.1) is 23.8 Å². The van der Waals surface area contributed by atoms with E-state index in [1.807, 2.05) is 0 Å². The summed E-state index contributed by atoms with van der Waals surface area (Å²) in [5.41, 5.74) is -0.458. The third kappa shape index (κ3) is 4.40. The Hall–Kier alpha value is -3.23. The number of hydrogen-bond acceptors (Lipinski definition) is 5. The summed E-state index contributed by atoms with van der Waals surface area (Å²) >= 11 is 0. The fourth-order valence-corrected chi connectivity index (χ4v) is 1.94. The molecule has 0 radical (unpaired) electrons. The molecule has 9 heteroatoms. The SMILES string of the molecule is COc1ccc([N+](=O)[O-])cc1OC(C)C(=O)Nc1ccc(F)cc1F. The molecule has 7 nitrogen and oxygen atoms in total. The first kappa shape index (κ1) is 18.1. The zero-order valence-electron chi connectivity index (χ0n) is 13.3. The van der Waals surface area contributed by atoms with Gasteiger partial charge in [0.1, 0.15) is 11.6 Å². The van der Waals surface area contributed by atoms with Crippen LogP contribution in [0, 0.1) is 21.7 Å². The van der Waals surface area contributed by atoms with Crippen molar-refractivity contribution < 1.29 is 28.0 Å². The molecule has 0 spiro atoms. The molecule has 0 saturated carbocycles. The largest absolute Gasteiger partial charge is 0.493 e. The molecule has 132 valence electrons. The number of nitrogens with one attached hydrogen (secondary N) is 1. The Morgan fingerprint density at radius 1 is 1.20 bits per heavy atom. The number of carbonyl (C=O) groups is 1. The van der Waals surface area contributed by atoms with Gasteiger partial charge in [0, 0.05) is 12.1 Å². The van der Waals surface area contributed by atoms with E-state index in [4.69, 9.17) is 9.47 Å². The van der Waals surface area contributed by atoms with Gasteiger partial charge in [-0.25, -0.2) is 8.78 Å². The first-order chi connectivity index (χ1) is 11.8. The zero-order chi connectivity index (χ0) is 18.6. The van der Waals surface area contributed by atoms with E-state index in [-0.39, 0.29) is 22.9 Å². The molecule has 25 heavy (non-hydrogen) atoms. The number of ether oxygens (including phenoxy) is 2. The van der Waals surface area contributed by atoms with Gasteiger partial charge in [-0.1, -0.05) is 0 Å². The van der Waals surface area contributed by atoms with E-state index >= 15 is 0 Å². The van der Waals surface area contributed by atoms with E-state index < -0.39 is 28.6 Å². The fraction of sp³-hybridized carbons (Fsp3) is 0.188. The van der Waals surface area contributed by atoms with Crippen molar-refractivity contribution >= 4 is 17.3 Å². The van der Waals surface area contributed by atoms with E-state index in [9.17, 15) is 23.7 Å². The van der Waals surface area contributed by atoms with E-state index in [0.717, 1.165) is 18.2 Å². The van der Waals surface area contributed by atoms with Crippen LogP contribution in [0.4, 0.5) is 20.2 Å². The fourth-order valence-electron chi connectivity index (χ4n) is 1.94. The predicted molar refractivity (Wildman–Crippen MR) is 84.7 cm³/mol. The normalized spacial score (nSPS) is 11.5. The maximum atomic E-state index is 13.6. The minimum Gasteiger partial charge on any atom is -0.493 e. The maximum Gasteiger partial charge on any atom is 0.273 e. The first-order valence-electron chi connectivity index (χ1n) is 7.07. The minimum atomic E-state index is -1.12. The summed E-state index contributed by atoms with van der Waals surface area (Å²) in [4.78, 5) is 22.3. The molecule has 1 atom stereocenters. The highest BCUT2D eigenvalue weighted by Crippen LogP contribution is 2.32. The number of methoxy groups -OCH3 is 1. The number of rotatable bonds is 6.